The van der Waals surface area contributed by atoms with Crippen LogP contribution in [0.15, 0.2) is 42.5 Å². The minimum Gasteiger partial charge on any atom is -0.487 e. The van der Waals surface area contributed by atoms with Crippen LogP contribution >= 0.6 is 11.6 Å². The summed E-state index contributed by atoms with van der Waals surface area (Å²) in [4.78, 5) is 12.8. The first kappa shape index (κ1) is 22.4. The van der Waals surface area contributed by atoms with Crippen LogP contribution in [0, 0.1) is 0 Å². The molecule has 162 valence electrons. The molecule has 1 fully saturated rings. The number of carbonyl (C=O) groups is 1. The molecule has 1 unspecified atom stereocenters. The summed E-state index contributed by atoms with van der Waals surface area (Å²) in [6, 6.07) is 10.3. The molecular formula is C21H21ClF3NO4. The number of benzene rings is 2. The van der Waals surface area contributed by atoms with E-state index in [1.165, 1.54) is 18.2 Å². The normalized spacial score (nSPS) is 17.7. The second-order valence-electron chi connectivity index (χ2n) is 6.94. The van der Waals surface area contributed by atoms with Gasteiger partial charge in [0.15, 0.2) is 0 Å². The largest absolute Gasteiger partial charge is 0.487 e. The zero-order valence-corrected chi connectivity index (χ0v) is 16.7. The summed E-state index contributed by atoms with van der Waals surface area (Å²) >= 11 is 6.29. The van der Waals surface area contributed by atoms with Gasteiger partial charge in [0.05, 0.1) is 29.7 Å². The highest BCUT2D eigenvalue weighted by Gasteiger charge is 2.33. The molecule has 1 saturated heterocycles. The Labute approximate surface area is 177 Å². The average molecular weight is 444 g/mol. The molecule has 2 aromatic rings. The molecule has 1 atom stereocenters. The van der Waals surface area contributed by atoms with Crippen molar-refractivity contribution >= 4 is 17.6 Å². The van der Waals surface area contributed by atoms with Gasteiger partial charge in [-0.25, -0.2) is 0 Å². The van der Waals surface area contributed by atoms with E-state index in [9.17, 15) is 18.0 Å². The molecule has 5 nitrogen and oxygen atoms in total. The van der Waals surface area contributed by atoms with Crippen molar-refractivity contribution in [2.45, 2.75) is 25.3 Å². The van der Waals surface area contributed by atoms with Gasteiger partial charge in [0.1, 0.15) is 12.4 Å². The van der Waals surface area contributed by atoms with Gasteiger partial charge in [0, 0.05) is 25.2 Å². The van der Waals surface area contributed by atoms with Crippen LogP contribution in [0.4, 0.5) is 13.2 Å². The molecule has 1 aliphatic heterocycles. The topological polar surface area (TPSA) is 59.0 Å². The second kappa shape index (κ2) is 9.68. The first-order valence-corrected chi connectivity index (χ1v) is 9.75. The maximum Gasteiger partial charge on any atom is 0.416 e. The van der Waals surface area contributed by atoms with Gasteiger partial charge >= 0.3 is 12.1 Å². The summed E-state index contributed by atoms with van der Waals surface area (Å²) in [6.07, 6.45) is -4.68. The molecule has 0 aromatic heterocycles. The lowest BCUT2D eigenvalue weighted by Gasteiger charge is -2.33. The number of carboxylic acid groups (broad SMARTS) is 1. The Morgan fingerprint density at radius 2 is 2.03 bits per heavy atom. The van der Waals surface area contributed by atoms with Crippen LogP contribution in [0.3, 0.4) is 0 Å². The fraction of sp³-hybridized carbons (Fsp3) is 0.381. The lowest BCUT2D eigenvalue weighted by Crippen LogP contribution is -2.39. The van der Waals surface area contributed by atoms with Crippen molar-refractivity contribution in [3.05, 3.63) is 64.2 Å². The van der Waals surface area contributed by atoms with Gasteiger partial charge in [0.2, 0.25) is 0 Å². The third-order valence-corrected chi connectivity index (χ3v) is 5.12. The van der Waals surface area contributed by atoms with Crippen LogP contribution in [0.25, 0.3) is 0 Å². The smallest absolute Gasteiger partial charge is 0.416 e. The molecule has 1 N–H and O–H groups in total. The van der Waals surface area contributed by atoms with Crippen molar-refractivity contribution in [1.82, 2.24) is 4.90 Å². The van der Waals surface area contributed by atoms with Crippen molar-refractivity contribution < 1.29 is 32.5 Å². The summed E-state index contributed by atoms with van der Waals surface area (Å²) in [5.41, 5.74) is 0.0766. The minimum atomic E-state index is -4.46. The summed E-state index contributed by atoms with van der Waals surface area (Å²) < 4.78 is 50.6. The molecule has 0 bridgehead atoms. The number of halogens is 4. The maximum absolute atomic E-state index is 13.1. The van der Waals surface area contributed by atoms with E-state index in [2.05, 4.69) is 0 Å². The van der Waals surface area contributed by atoms with Gasteiger partial charge in [0.25, 0.3) is 0 Å². The standard InChI is InChI=1S/C21H21ClF3NO4/c22-17-11-14(19-12-26(9-10-29-19)8-7-20(27)28)5-6-18(17)30-13-15-3-1-2-4-16(15)21(23,24)25/h1-6,11,19H,7-10,12-13H2,(H,27,28). The first-order valence-electron chi connectivity index (χ1n) is 9.37. The van der Waals surface area contributed by atoms with E-state index in [0.717, 1.165) is 11.6 Å². The van der Waals surface area contributed by atoms with Crippen LogP contribution < -0.4 is 4.74 Å². The number of ether oxygens (including phenoxy) is 2. The zero-order chi connectivity index (χ0) is 21.7. The number of morpholine rings is 1. The third-order valence-electron chi connectivity index (χ3n) is 4.83. The Morgan fingerprint density at radius 1 is 1.27 bits per heavy atom. The number of alkyl halides is 3. The van der Waals surface area contributed by atoms with Gasteiger partial charge < -0.3 is 14.6 Å². The van der Waals surface area contributed by atoms with E-state index in [-0.39, 0.29) is 35.5 Å². The molecule has 1 aliphatic rings. The SMILES string of the molecule is O=C(O)CCN1CCOC(c2ccc(OCc3ccccc3C(F)(F)F)c(Cl)c2)C1. The number of carboxylic acids is 1. The molecule has 1 heterocycles. The molecule has 9 heteroatoms. The van der Waals surface area contributed by atoms with Gasteiger partial charge in [-0.15, -0.1) is 0 Å². The molecular weight excluding hydrogens is 423 g/mol. The Balaban J connectivity index is 1.65. The van der Waals surface area contributed by atoms with Crippen LogP contribution in [-0.2, 0) is 22.3 Å². The Morgan fingerprint density at radius 3 is 2.73 bits per heavy atom. The number of rotatable bonds is 7. The summed E-state index contributed by atoms with van der Waals surface area (Å²) in [6.45, 7) is 1.81. The summed E-state index contributed by atoms with van der Waals surface area (Å²) in [5, 5.41) is 9.10. The quantitative estimate of drug-likeness (QED) is 0.667. The minimum absolute atomic E-state index is 0.0230. The predicted octanol–water partition coefficient (Wildman–Crippen LogP) is 4.79. The highest BCUT2D eigenvalue weighted by atomic mass is 35.5. The average Bonchev–Trinajstić information content (AvgIpc) is 2.71. The molecule has 0 amide bonds. The highest BCUT2D eigenvalue weighted by Crippen LogP contribution is 2.34. The lowest BCUT2D eigenvalue weighted by atomic mass is 10.1. The van der Waals surface area contributed by atoms with Gasteiger partial charge in [-0.2, -0.15) is 13.2 Å². The van der Waals surface area contributed by atoms with Crippen molar-refractivity contribution in [1.29, 1.82) is 0 Å². The van der Waals surface area contributed by atoms with E-state index in [4.69, 9.17) is 26.2 Å². The van der Waals surface area contributed by atoms with Crippen LogP contribution in [0.1, 0.15) is 29.2 Å². The Bertz CT molecular complexity index is 891. The molecule has 3 rings (SSSR count). The Kier molecular flexibility index (Phi) is 7.23. The molecule has 0 aliphatic carbocycles. The zero-order valence-electron chi connectivity index (χ0n) is 16.0. The van der Waals surface area contributed by atoms with E-state index in [1.54, 1.807) is 18.2 Å². The fourth-order valence-electron chi connectivity index (χ4n) is 3.27. The van der Waals surface area contributed by atoms with Gasteiger partial charge in [-0.3, -0.25) is 9.69 Å². The lowest BCUT2D eigenvalue weighted by molar-refractivity contribution is -0.139. The number of aliphatic carboxylic acids is 1. The number of hydrogen-bond acceptors (Lipinski definition) is 4. The van der Waals surface area contributed by atoms with E-state index < -0.39 is 17.7 Å². The van der Waals surface area contributed by atoms with E-state index in [1.807, 2.05) is 4.90 Å². The maximum atomic E-state index is 13.1. The molecule has 0 saturated carbocycles. The third kappa shape index (κ3) is 5.87. The number of nitrogens with zero attached hydrogens (tertiary/aromatic N) is 1. The fourth-order valence-corrected chi connectivity index (χ4v) is 3.52. The van der Waals surface area contributed by atoms with Crippen molar-refractivity contribution in [2.75, 3.05) is 26.2 Å². The first-order chi connectivity index (χ1) is 14.2. The molecule has 0 spiro atoms. The van der Waals surface area contributed by atoms with Gasteiger partial charge in [-0.1, -0.05) is 35.9 Å². The van der Waals surface area contributed by atoms with Gasteiger partial charge in [-0.05, 0) is 23.8 Å². The number of hydrogen-bond donors (Lipinski definition) is 1. The Hall–Kier alpha value is -2.29. The van der Waals surface area contributed by atoms with E-state index >= 15 is 0 Å². The van der Waals surface area contributed by atoms with Crippen LogP contribution in [0.5, 0.6) is 5.75 Å². The second-order valence-corrected chi connectivity index (χ2v) is 7.34. The summed E-state index contributed by atoms with van der Waals surface area (Å²) in [5.74, 6) is -0.578. The van der Waals surface area contributed by atoms with E-state index in [0.29, 0.717) is 26.2 Å². The monoisotopic (exact) mass is 443 g/mol. The molecule has 30 heavy (non-hydrogen) atoms. The van der Waals surface area contributed by atoms with Crippen LogP contribution in [-0.4, -0.2) is 42.2 Å². The highest BCUT2D eigenvalue weighted by molar-refractivity contribution is 6.32. The molecule has 0 radical (unpaired) electrons. The summed E-state index contributed by atoms with van der Waals surface area (Å²) in [7, 11) is 0. The molecule has 2 aromatic carbocycles. The van der Waals surface area contributed by atoms with Crippen molar-refractivity contribution in [3.8, 4) is 5.75 Å². The van der Waals surface area contributed by atoms with Crippen molar-refractivity contribution in [2.24, 2.45) is 0 Å². The van der Waals surface area contributed by atoms with Crippen LogP contribution in [0.2, 0.25) is 5.02 Å². The predicted molar refractivity (Wildman–Crippen MR) is 105 cm³/mol. The van der Waals surface area contributed by atoms with Crippen molar-refractivity contribution in [3.63, 3.8) is 0 Å².